The molecule has 1 amide bonds. The van der Waals surface area contributed by atoms with Gasteiger partial charge in [0.25, 0.3) is 10.0 Å². The number of anilines is 1. The number of aromatic nitrogens is 1. The molecule has 34 heavy (non-hydrogen) atoms. The molecular weight excluding hydrogens is 477 g/mol. The number of carbonyl (C=O) groups excluding carboxylic acids is 1. The maximum atomic E-state index is 13.2. The van der Waals surface area contributed by atoms with Crippen LogP contribution in [0, 0.1) is 5.82 Å². The van der Waals surface area contributed by atoms with Gasteiger partial charge in [0.05, 0.1) is 6.42 Å². The van der Waals surface area contributed by atoms with Crippen molar-refractivity contribution in [2.24, 2.45) is 0 Å². The van der Waals surface area contributed by atoms with Crippen molar-refractivity contribution in [3.05, 3.63) is 101 Å². The van der Waals surface area contributed by atoms with Gasteiger partial charge in [-0.3, -0.25) is 9.52 Å². The second kappa shape index (κ2) is 10.4. The number of nitrogens with zero attached hydrogens (tertiary/aromatic N) is 1. The molecular formula is C24H20FN3O4S2. The van der Waals surface area contributed by atoms with E-state index in [-0.39, 0.29) is 23.1 Å². The third-order valence-electron chi connectivity index (χ3n) is 4.64. The van der Waals surface area contributed by atoms with Gasteiger partial charge in [-0.25, -0.2) is 17.8 Å². The predicted molar refractivity (Wildman–Crippen MR) is 128 cm³/mol. The normalized spacial score (nSPS) is 11.1. The van der Waals surface area contributed by atoms with Crippen LogP contribution < -0.4 is 14.8 Å². The lowest BCUT2D eigenvalue weighted by atomic mass is 10.1. The Bertz CT molecular complexity index is 1360. The number of ether oxygens (including phenoxy) is 1. The lowest BCUT2D eigenvalue weighted by Gasteiger charge is -2.09. The average Bonchev–Trinajstić information content (AvgIpc) is 3.36. The minimum atomic E-state index is -3.61. The SMILES string of the molecule is O=C(Cc1ccc(NS(=O)(=O)c2cccs2)cc1)NCc1ccc(Oc2cccc(F)c2)nc1. The molecule has 0 fully saturated rings. The van der Waals surface area contributed by atoms with E-state index in [1.807, 2.05) is 0 Å². The molecule has 0 radical (unpaired) electrons. The van der Waals surface area contributed by atoms with Crippen molar-refractivity contribution >= 4 is 33.0 Å². The summed E-state index contributed by atoms with van der Waals surface area (Å²) in [6, 6.07) is 19.0. The number of sulfonamides is 1. The third kappa shape index (κ3) is 6.40. The smallest absolute Gasteiger partial charge is 0.271 e. The van der Waals surface area contributed by atoms with Crippen LogP contribution in [0.4, 0.5) is 10.1 Å². The molecule has 0 aliphatic heterocycles. The van der Waals surface area contributed by atoms with E-state index in [0.717, 1.165) is 22.5 Å². The van der Waals surface area contributed by atoms with Gasteiger partial charge in [0.15, 0.2) is 0 Å². The van der Waals surface area contributed by atoms with Gasteiger partial charge in [-0.15, -0.1) is 11.3 Å². The zero-order valence-electron chi connectivity index (χ0n) is 17.8. The first-order valence-corrected chi connectivity index (χ1v) is 12.5. The fourth-order valence-corrected chi connectivity index (χ4v) is 5.04. The zero-order chi connectivity index (χ0) is 24.0. The monoisotopic (exact) mass is 497 g/mol. The molecule has 4 rings (SSSR count). The summed E-state index contributed by atoms with van der Waals surface area (Å²) >= 11 is 1.14. The summed E-state index contributed by atoms with van der Waals surface area (Å²) in [5, 5.41) is 4.51. The maximum Gasteiger partial charge on any atom is 0.271 e. The van der Waals surface area contributed by atoms with Crippen LogP contribution in [-0.4, -0.2) is 19.3 Å². The highest BCUT2D eigenvalue weighted by Crippen LogP contribution is 2.21. The number of pyridine rings is 1. The van der Waals surface area contributed by atoms with E-state index in [1.165, 1.54) is 18.2 Å². The molecule has 10 heteroatoms. The van der Waals surface area contributed by atoms with Crippen LogP contribution in [0.1, 0.15) is 11.1 Å². The van der Waals surface area contributed by atoms with E-state index in [4.69, 9.17) is 4.74 Å². The van der Waals surface area contributed by atoms with E-state index < -0.39 is 15.8 Å². The van der Waals surface area contributed by atoms with Crippen LogP contribution in [0.5, 0.6) is 11.6 Å². The van der Waals surface area contributed by atoms with E-state index in [1.54, 1.807) is 66.2 Å². The topological polar surface area (TPSA) is 97.4 Å². The molecule has 7 nitrogen and oxygen atoms in total. The predicted octanol–water partition coefficient (Wildman–Crippen LogP) is 4.73. The Morgan fingerprint density at radius 2 is 1.79 bits per heavy atom. The highest BCUT2D eigenvalue weighted by molar-refractivity contribution is 7.94. The zero-order valence-corrected chi connectivity index (χ0v) is 19.4. The number of nitrogens with one attached hydrogen (secondary N) is 2. The molecule has 0 aliphatic rings. The summed E-state index contributed by atoms with van der Waals surface area (Å²) in [6.07, 6.45) is 1.72. The Balaban J connectivity index is 1.26. The molecule has 174 valence electrons. The fraction of sp³-hybridized carbons (Fsp3) is 0.0833. The molecule has 0 spiro atoms. The molecule has 2 N–H and O–H groups in total. The number of thiophene rings is 1. The van der Waals surface area contributed by atoms with Crippen molar-refractivity contribution in [3.63, 3.8) is 0 Å². The lowest BCUT2D eigenvalue weighted by molar-refractivity contribution is -0.120. The summed E-state index contributed by atoms with van der Waals surface area (Å²) in [5.74, 6) is 0.0764. The Hall–Kier alpha value is -3.76. The first kappa shape index (κ1) is 23.4. The second-order valence-electron chi connectivity index (χ2n) is 7.25. The quantitative estimate of drug-likeness (QED) is 0.348. The highest BCUT2D eigenvalue weighted by atomic mass is 32.2. The van der Waals surface area contributed by atoms with Crippen molar-refractivity contribution in [1.29, 1.82) is 0 Å². The molecule has 4 aromatic rings. The van der Waals surface area contributed by atoms with E-state index in [2.05, 4.69) is 15.0 Å². The first-order chi connectivity index (χ1) is 16.4. The summed E-state index contributed by atoms with van der Waals surface area (Å²) in [5.41, 5.74) is 1.94. The lowest BCUT2D eigenvalue weighted by Crippen LogP contribution is -2.24. The van der Waals surface area contributed by atoms with E-state index >= 15 is 0 Å². The summed E-state index contributed by atoms with van der Waals surface area (Å²) in [7, 11) is -3.61. The number of amides is 1. The standard InChI is InChI=1S/C24H20FN3O4S2/c25-19-3-1-4-21(14-19)32-23-11-8-18(16-27-23)15-26-22(29)13-17-6-9-20(10-7-17)28-34(30,31)24-5-2-12-33-24/h1-12,14,16,28H,13,15H2,(H,26,29). The molecule has 0 atom stereocenters. The van der Waals surface area contributed by atoms with Gasteiger partial charge in [-0.2, -0.15) is 0 Å². The number of rotatable bonds is 9. The maximum absolute atomic E-state index is 13.2. The second-order valence-corrected chi connectivity index (χ2v) is 10.1. The summed E-state index contributed by atoms with van der Waals surface area (Å²) < 4.78 is 46.0. The number of hydrogen-bond donors (Lipinski definition) is 2. The fourth-order valence-electron chi connectivity index (χ4n) is 2.99. The molecule has 0 unspecified atom stereocenters. The van der Waals surface area contributed by atoms with Crippen LogP contribution in [0.2, 0.25) is 0 Å². The molecule has 0 aliphatic carbocycles. The third-order valence-corrected chi connectivity index (χ3v) is 7.42. The molecule has 2 aromatic carbocycles. The Morgan fingerprint density at radius 3 is 2.47 bits per heavy atom. The van der Waals surface area contributed by atoms with Gasteiger partial charge in [-0.1, -0.05) is 30.3 Å². The molecule has 0 saturated carbocycles. The Labute approximate surface area is 200 Å². The van der Waals surface area contributed by atoms with E-state index in [9.17, 15) is 17.6 Å². The van der Waals surface area contributed by atoms with Gasteiger partial charge in [0, 0.05) is 30.6 Å². The van der Waals surface area contributed by atoms with Crippen LogP contribution in [0.3, 0.4) is 0 Å². The average molecular weight is 498 g/mol. The molecule has 0 bridgehead atoms. The van der Waals surface area contributed by atoms with Crippen molar-refractivity contribution in [2.45, 2.75) is 17.2 Å². The molecule has 0 saturated heterocycles. The van der Waals surface area contributed by atoms with Gasteiger partial charge >= 0.3 is 0 Å². The highest BCUT2D eigenvalue weighted by Gasteiger charge is 2.15. The van der Waals surface area contributed by atoms with Gasteiger partial charge < -0.3 is 10.1 Å². The van der Waals surface area contributed by atoms with E-state index in [0.29, 0.717) is 17.3 Å². The Morgan fingerprint density at radius 1 is 1.00 bits per heavy atom. The van der Waals surface area contributed by atoms with Crippen molar-refractivity contribution in [2.75, 3.05) is 4.72 Å². The Kier molecular flexibility index (Phi) is 7.19. The van der Waals surface area contributed by atoms with Crippen LogP contribution in [0.15, 0.2) is 88.6 Å². The summed E-state index contributed by atoms with van der Waals surface area (Å²) in [6.45, 7) is 0.283. The van der Waals surface area contributed by atoms with Crippen LogP contribution in [-0.2, 0) is 27.8 Å². The molecule has 2 heterocycles. The number of benzene rings is 2. The van der Waals surface area contributed by atoms with Gasteiger partial charge in [0.2, 0.25) is 11.8 Å². The number of carbonyl (C=O) groups is 1. The van der Waals surface area contributed by atoms with Crippen molar-refractivity contribution < 1.29 is 22.3 Å². The molecule has 2 aromatic heterocycles. The van der Waals surface area contributed by atoms with Crippen molar-refractivity contribution in [3.8, 4) is 11.6 Å². The summed E-state index contributed by atoms with van der Waals surface area (Å²) in [4.78, 5) is 16.5. The van der Waals surface area contributed by atoms with Crippen LogP contribution >= 0.6 is 11.3 Å². The number of halogens is 1. The largest absolute Gasteiger partial charge is 0.439 e. The van der Waals surface area contributed by atoms with Gasteiger partial charge in [0.1, 0.15) is 15.8 Å². The minimum absolute atomic E-state index is 0.145. The van der Waals surface area contributed by atoms with Gasteiger partial charge in [-0.05, 0) is 46.8 Å². The first-order valence-electron chi connectivity index (χ1n) is 10.2. The number of hydrogen-bond acceptors (Lipinski definition) is 6. The van der Waals surface area contributed by atoms with Crippen LogP contribution in [0.25, 0.3) is 0 Å². The minimum Gasteiger partial charge on any atom is -0.439 e. The van der Waals surface area contributed by atoms with Crippen molar-refractivity contribution in [1.82, 2.24) is 10.3 Å².